The predicted octanol–water partition coefficient (Wildman–Crippen LogP) is 3.17. The van der Waals surface area contributed by atoms with Crippen molar-refractivity contribution in [3.05, 3.63) is 59.4 Å². The van der Waals surface area contributed by atoms with E-state index >= 15 is 0 Å². The topological polar surface area (TPSA) is 104 Å². The summed E-state index contributed by atoms with van der Waals surface area (Å²) in [6.45, 7) is 3.01. The summed E-state index contributed by atoms with van der Waals surface area (Å²) >= 11 is 5.87. The SMILES string of the molecule is CC(Cc1ccc2c(N)ncnc2c1)N1CCN(C(=O)Nc2ccc(Cl)cc2)CC1=O. The first kappa shape index (κ1) is 20.9. The first-order chi connectivity index (χ1) is 14.9. The number of nitrogens with two attached hydrogens (primary N) is 1. The molecule has 4 rings (SSSR count). The van der Waals surface area contributed by atoms with Gasteiger partial charge < -0.3 is 20.9 Å². The van der Waals surface area contributed by atoms with Gasteiger partial charge in [0.2, 0.25) is 5.91 Å². The Morgan fingerprint density at radius 1 is 1.19 bits per heavy atom. The molecule has 0 bridgehead atoms. The standard InChI is InChI=1S/C22H23ClN6O2/c1-14(10-15-2-7-18-19(11-15)25-13-26-21(18)24)29-9-8-28(12-20(29)30)22(31)27-17-5-3-16(23)4-6-17/h2-7,11,13-14H,8-10,12H2,1H3,(H,27,31)(H2,24,25,26). The van der Waals surface area contributed by atoms with Crippen LogP contribution in [-0.4, -0.2) is 57.4 Å². The number of aromatic nitrogens is 2. The lowest BCUT2D eigenvalue weighted by molar-refractivity contribution is -0.136. The van der Waals surface area contributed by atoms with E-state index < -0.39 is 0 Å². The predicted molar refractivity (Wildman–Crippen MR) is 121 cm³/mol. The maximum atomic E-state index is 12.7. The maximum Gasteiger partial charge on any atom is 0.322 e. The van der Waals surface area contributed by atoms with E-state index in [9.17, 15) is 9.59 Å². The highest BCUT2D eigenvalue weighted by Crippen LogP contribution is 2.20. The summed E-state index contributed by atoms with van der Waals surface area (Å²) in [5.41, 5.74) is 8.37. The second-order valence-corrected chi connectivity index (χ2v) is 8.05. The lowest BCUT2D eigenvalue weighted by Crippen LogP contribution is -2.56. The molecule has 0 spiro atoms. The van der Waals surface area contributed by atoms with Gasteiger partial charge in [-0.2, -0.15) is 0 Å². The normalized spacial score (nSPS) is 15.2. The van der Waals surface area contributed by atoms with Crippen molar-refractivity contribution in [3.63, 3.8) is 0 Å². The minimum absolute atomic E-state index is 0.00869. The van der Waals surface area contributed by atoms with Crippen molar-refractivity contribution in [2.75, 3.05) is 30.7 Å². The Hall–Kier alpha value is -3.39. The van der Waals surface area contributed by atoms with Crippen LogP contribution >= 0.6 is 11.6 Å². The van der Waals surface area contributed by atoms with E-state index in [1.165, 1.54) is 11.2 Å². The summed E-state index contributed by atoms with van der Waals surface area (Å²) < 4.78 is 0. The molecule has 1 saturated heterocycles. The molecule has 160 valence electrons. The molecule has 3 N–H and O–H groups in total. The monoisotopic (exact) mass is 438 g/mol. The van der Waals surface area contributed by atoms with Crippen molar-refractivity contribution < 1.29 is 9.59 Å². The van der Waals surface area contributed by atoms with Gasteiger partial charge in [-0.15, -0.1) is 0 Å². The van der Waals surface area contributed by atoms with E-state index in [1.54, 1.807) is 24.3 Å². The van der Waals surface area contributed by atoms with Gasteiger partial charge in [0.1, 0.15) is 18.7 Å². The molecule has 3 aromatic rings. The van der Waals surface area contributed by atoms with Gasteiger partial charge in [-0.1, -0.05) is 17.7 Å². The smallest absolute Gasteiger partial charge is 0.322 e. The summed E-state index contributed by atoms with van der Waals surface area (Å²) in [5.74, 6) is 0.380. The van der Waals surface area contributed by atoms with Crippen LogP contribution in [0.3, 0.4) is 0 Å². The maximum absolute atomic E-state index is 12.7. The van der Waals surface area contributed by atoms with Crippen molar-refractivity contribution in [1.82, 2.24) is 19.8 Å². The van der Waals surface area contributed by atoms with Crippen molar-refractivity contribution in [2.45, 2.75) is 19.4 Å². The zero-order chi connectivity index (χ0) is 22.0. The Bertz CT molecular complexity index is 1120. The molecule has 1 aliphatic rings. The van der Waals surface area contributed by atoms with Crippen molar-refractivity contribution in [1.29, 1.82) is 0 Å². The number of halogens is 1. The fourth-order valence-corrected chi connectivity index (χ4v) is 3.89. The minimum atomic E-state index is -0.297. The van der Waals surface area contributed by atoms with E-state index in [-0.39, 0.29) is 24.5 Å². The summed E-state index contributed by atoms with van der Waals surface area (Å²) in [5, 5.41) is 4.21. The zero-order valence-corrected chi connectivity index (χ0v) is 17.8. The van der Waals surface area contributed by atoms with Gasteiger partial charge in [-0.3, -0.25) is 4.79 Å². The third-order valence-electron chi connectivity index (χ3n) is 5.43. The second kappa shape index (κ2) is 8.77. The molecular weight excluding hydrogens is 416 g/mol. The molecule has 8 nitrogen and oxygen atoms in total. The molecule has 1 atom stereocenters. The molecule has 1 fully saturated rings. The van der Waals surface area contributed by atoms with Crippen molar-refractivity contribution >= 4 is 45.9 Å². The summed E-state index contributed by atoms with van der Waals surface area (Å²) in [6, 6.07) is 12.4. The van der Waals surface area contributed by atoms with Crippen LogP contribution in [0, 0.1) is 0 Å². The van der Waals surface area contributed by atoms with Crippen LogP contribution in [-0.2, 0) is 11.2 Å². The van der Waals surface area contributed by atoms with Crippen LogP contribution in [0.5, 0.6) is 0 Å². The molecular formula is C22H23ClN6O2. The number of fused-ring (bicyclic) bond motifs is 1. The first-order valence-corrected chi connectivity index (χ1v) is 10.4. The Kier molecular flexibility index (Phi) is 5.90. The number of carbonyl (C=O) groups is 2. The molecule has 0 saturated carbocycles. The number of hydrogen-bond donors (Lipinski definition) is 2. The van der Waals surface area contributed by atoms with E-state index in [4.69, 9.17) is 17.3 Å². The average Bonchev–Trinajstić information content (AvgIpc) is 2.75. The Balaban J connectivity index is 1.36. The molecule has 31 heavy (non-hydrogen) atoms. The second-order valence-electron chi connectivity index (χ2n) is 7.61. The molecule has 3 amide bonds. The Morgan fingerprint density at radius 3 is 2.71 bits per heavy atom. The highest BCUT2D eigenvalue weighted by Gasteiger charge is 2.30. The first-order valence-electron chi connectivity index (χ1n) is 10.0. The summed E-state index contributed by atoms with van der Waals surface area (Å²) in [7, 11) is 0. The quantitative estimate of drug-likeness (QED) is 0.651. The highest BCUT2D eigenvalue weighted by molar-refractivity contribution is 6.30. The number of nitrogen functional groups attached to an aromatic ring is 1. The lowest BCUT2D eigenvalue weighted by atomic mass is 10.0. The van der Waals surface area contributed by atoms with E-state index in [2.05, 4.69) is 15.3 Å². The van der Waals surface area contributed by atoms with Crippen LogP contribution < -0.4 is 11.1 Å². The van der Waals surface area contributed by atoms with E-state index in [0.29, 0.717) is 36.0 Å². The van der Waals surface area contributed by atoms with Gasteiger partial charge in [0.05, 0.1) is 5.52 Å². The number of benzene rings is 2. The van der Waals surface area contributed by atoms with Gasteiger partial charge in [0, 0.05) is 35.2 Å². The largest absolute Gasteiger partial charge is 0.383 e. The highest BCUT2D eigenvalue weighted by atomic mass is 35.5. The lowest BCUT2D eigenvalue weighted by Gasteiger charge is -2.37. The molecule has 2 aromatic carbocycles. The van der Waals surface area contributed by atoms with Crippen LogP contribution in [0.4, 0.5) is 16.3 Å². The number of nitrogens with one attached hydrogen (secondary N) is 1. The fourth-order valence-electron chi connectivity index (χ4n) is 3.76. The fraction of sp³-hybridized carbons (Fsp3) is 0.273. The number of carbonyl (C=O) groups excluding carboxylic acids is 2. The van der Waals surface area contributed by atoms with Gasteiger partial charge in [-0.25, -0.2) is 14.8 Å². The van der Waals surface area contributed by atoms with Crippen molar-refractivity contribution in [2.24, 2.45) is 0 Å². The summed E-state index contributed by atoms with van der Waals surface area (Å²) in [6.07, 6.45) is 2.13. The number of hydrogen-bond acceptors (Lipinski definition) is 5. The zero-order valence-electron chi connectivity index (χ0n) is 17.1. The number of piperazine rings is 1. The molecule has 0 aliphatic carbocycles. The van der Waals surface area contributed by atoms with Crippen molar-refractivity contribution in [3.8, 4) is 0 Å². The number of urea groups is 1. The molecule has 0 radical (unpaired) electrons. The molecule has 1 unspecified atom stereocenters. The van der Waals surface area contributed by atoms with E-state index in [1.807, 2.05) is 30.0 Å². The number of rotatable bonds is 4. The number of amides is 3. The summed E-state index contributed by atoms with van der Waals surface area (Å²) in [4.78, 5) is 36.9. The molecule has 1 aliphatic heterocycles. The Labute approximate surface area is 185 Å². The molecule has 9 heteroatoms. The minimum Gasteiger partial charge on any atom is -0.383 e. The van der Waals surface area contributed by atoms with Crippen LogP contribution in [0.25, 0.3) is 10.9 Å². The molecule has 2 heterocycles. The van der Waals surface area contributed by atoms with Gasteiger partial charge in [0.15, 0.2) is 0 Å². The van der Waals surface area contributed by atoms with Gasteiger partial charge in [0.25, 0.3) is 0 Å². The van der Waals surface area contributed by atoms with Crippen LogP contribution in [0.15, 0.2) is 48.8 Å². The third kappa shape index (κ3) is 4.69. The van der Waals surface area contributed by atoms with Gasteiger partial charge in [-0.05, 0) is 55.3 Å². The average molecular weight is 439 g/mol. The number of anilines is 2. The third-order valence-corrected chi connectivity index (χ3v) is 5.69. The van der Waals surface area contributed by atoms with E-state index in [0.717, 1.165) is 16.5 Å². The number of nitrogens with zero attached hydrogens (tertiary/aromatic N) is 4. The van der Waals surface area contributed by atoms with Crippen LogP contribution in [0.2, 0.25) is 5.02 Å². The molecule has 1 aromatic heterocycles. The van der Waals surface area contributed by atoms with Crippen LogP contribution in [0.1, 0.15) is 12.5 Å². The Morgan fingerprint density at radius 2 is 1.97 bits per heavy atom. The van der Waals surface area contributed by atoms with Gasteiger partial charge >= 0.3 is 6.03 Å².